The van der Waals surface area contributed by atoms with E-state index in [1.807, 2.05) is 24.3 Å². The minimum absolute atomic E-state index is 0.0141. The smallest absolute Gasteiger partial charge is 0.407 e. The topological polar surface area (TPSA) is 84.9 Å². The molecule has 1 aromatic carbocycles. The average molecular weight is 365 g/mol. The Balaban J connectivity index is 2.82. The molecule has 0 bridgehead atoms. The number of amides is 1. The molecule has 1 rings (SSSR count). The Kier molecular flexibility index (Phi) is 8.58. The number of aliphatic hydroxyl groups excluding tert-OH is 1. The van der Waals surface area contributed by atoms with Gasteiger partial charge in [0.15, 0.2) is 0 Å². The van der Waals surface area contributed by atoms with Crippen molar-refractivity contribution in [1.29, 1.82) is 0 Å². The summed E-state index contributed by atoms with van der Waals surface area (Å²) in [5.41, 5.74) is 1.23. The Hall–Kier alpha value is -2.08. The summed E-state index contributed by atoms with van der Waals surface area (Å²) in [4.78, 5) is 24.1. The highest BCUT2D eigenvalue weighted by Gasteiger charge is 2.24. The van der Waals surface area contributed by atoms with Crippen molar-refractivity contribution >= 4 is 12.1 Å². The van der Waals surface area contributed by atoms with Crippen molar-refractivity contribution in [3.8, 4) is 0 Å². The van der Waals surface area contributed by atoms with E-state index in [1.54, 1.807) is 34.6 Å². The van der Waals surface area contributed by atoms with E-state index in [4.69, 9.17) is 14.6 Å². The van der Waals surface area contributed by atoms with Gasteiger partial charge in [-0.15, -0.1) is 0 Å². The van der Waals surface area contributed by atoms with Crippen LogP contribution in [0.2, 0.25) is 0 Å². The van der Waals surface area contributed by atoms with Crippen LogP contribution in [-0.4, -0.2) is 35.4 Å². The number of nitrogens with one attached hydrogen (secondary N) is 1. The summed E-state index contributed by atoms with van der Waals surface area (Å²) < 4.78 is 10.4. The molecule has 0 aliphatic rings. The van der Waals surface area contributed by atoms with E-state index < -0.39 is 11.7 Å². The zero-order valence-corrected chi connectivity index (χ0v) is 16.4. The summed E-state index contributed by atoms with van der Waals surface area (Å²) in [7, 11) is 0. The molecule has 0 radical (unpaired) electrons. The Morgan fingerprint density at radius 1 is 1.15 bits per heavy atom. The van der Waals surface area contributed by atoms with Crippen LogP contribution in [-0.2, 0) is 27.3 Å². The summed E-state index contributed by atoms with van der Waals surface area (Å²) in [6, 6.07) is 7.22. The first-order valence-corrected chi connectivity index (χ1v) is 8.99. The van der Waals surface area contributed by atoms with Crippen molar-refractivity contribution in [3.63, 3.8) is 0 Å². The lowest BCUT2D eigenvalue weighted by molar-refractivity contribution is -0.147. The molecule has 0 aliphatic carbocycles. The SMILES string of the molecule is CCOC(=O)[C@@H](C)CC(Cc1ccc(CO)cc1)NC(=O)OC(C)(C)C. The molecule has 1 amide bonds. The Bertz CT molecular complexity index is 577. The van der Waals surface area contributed by atoms with Crippen molar-refractivity contribution in [3.05, 3.63) is 35.4 Å². The first-order valence-electron chi connectivity index (χ1n) is 8.99. The van der Waals surface area contributed by atoms with E-state index in [2.05, 4.69) is 5.32 Å². The van der Waals surface area contributed by atoms with Gasteiger partial charge in [0.1, 0.15) is 5.60 Å². The van der Waals surface area contributed by atoms with Gasteiger partial charge in [-0.05, 0) is 51.7 Å². The van der Waals surface area contributed by atoms with Gasteiger partial charge in [0.2, 0.25) is 0 Å². The van der Waals surface area contributed by atoms with Gasteiger partial charge >= 0.3 is 12.1 Å². The predicted molar refractivity (Wildman–Crippen MR) is 99.6 cm³/mol. The van der Waals surface area contributed by atoms with Crippen LogP contribution in [0.3, 0.4) is 0 Å². The van der Waals surface area contributed by atoms with E-state index in [0.29, 0.717) is 19.4 Å². The lowest BCUT2D eigenvalue weighted by Gasteiger charge is -2.25. The highest BCUT2D eigenvalue weighted by molar-refractivity contribution is 5.72. The zero-order chi connectivity index (χ0) is 19.7. The largest absolute Gasteiger partial charge is 0.466 e. The van der Waals surface area contributed by atoms with E-state index in [9.17, 15) is 9.59 Å². The minimum atomic E-state index is -0.593. The Morgan fingerprint density at radius 3 is 2.23 bits per heavy atom. The maximum atomic E-state index is 12.2. The molecule has 2 N–H and O–H groups in total. The molecule has 1 aromatic rings. The number of esters is 1. The van der Waals surface area contributed by atoms with Gasteiger partial charge < -0.3 is 19.9 Å². The van der Waals surface area contributed by atoms with Gasteiger partial charge in [-0.3, -0.25) is 4.79 Å². The van der Waals surface area contributed by atoms with E-state index in [0.717, 1.165) is 11.1 Å². The number of carbonyl (C=O) groups is 2. The van der Waals surface area contributed by atoms with Crippen LogP contribution in [0.25, 0.3) is 0 Å². The Morgan fingerprint density at radius 2 is 1.73 bits per heavy atom. The van der Waals surface area contributed by atoms with E-state index >= 15 is 0 Å². The highest BCUT2D eigenvalue weighted by Crippen LogP contribution is 2.15. The van der Waals surface area contributed by atoms with Crippen molar-refractivity contribution in [2.75, 3.05) is 6.61 Å². The van der Waals surface area contributed by atoms with Gasteiger partial charge in [0.25, 0.3) is 0 Å². The number of aliphatic hydroxyl groups is 1. The first-order chi connectivity index (χ1) is 12.1. The second kappa shape index (κ2) is 10.2. The van der Waals surface area contributed by atoms with Gasteiger partial charge in [-0.2, -0.15) is 0 Å². The van der Waals surface area contributed by atoms with Crippen LogP contribution in [0.15, 0.2) is 24.3 Å². The third-order valence-corrected chi connectivity index (χ3v) is 3.74. The van der Waals surface area contributed by atoms with Crippen LogP contribution >= 0.6 is 0 Å². The van der Waals surface area contributed by atoms with Gasteiger partial charge in [0, 0.05) is 6.04 Å². The fourth-order valence-corrected chi connectivity index (χ4v) is 2.54. The molecule has 2 atom stereocenters. The second-order valence-corrected chi connectivity index (χ2v) is 7.41. The predicted octanol–water partition coefficient (Wildman–Crippen LogP) is 3.20. The maximum Gasteiger partial charge on any atom is 0.407 e. The molecular formula is C20H31NO5. The van der Waals surface area contributed by atoms with Gasteiger partial charge in [-0.25, -0.2) is 4.79 Å². The van der Waals surface area contributed by atoms with Crippen LogP contribution in [0.4, 0.5) is 4.79 Å². The fraction of sp³-hybridized carbons (Fsp3) is 0.600. The minimum Gasteiger partial charge on any atom is -0.466 e. The molecule has 0 fully saturated rings. The first kappa shape index (κ1) is 22.0. The summed E-state index contributed by atoms with van der Waals surface area (Å²) in [6.45, 7) is 9.28. The standard InChI is InChI=1S/C20H31NO5/c1-6-25-18(23)14(2)11-17(21-19(24)26-20(3,4)5)12-15-7-9-16(13-22)10-8-15/h7-10,14,17,22H,6,11-13H2,1-5H3,(H,21,24)/t14-,17?/m0/s1. The molecular weight excluding hydrogens is 334 g/mol. The third kappa shape index (κ3) is 8.34. The normalized spacial score (nSPS) is 13.6. The summed E-state index contributed by atoms with van der Waals surface area (Å²) in [6.07, 6.45) is 0.486. The molecule has 0 spiro atoms. The number of alkyl carbamates (subject to hydrolysis) is 1. The quantitative estimate of drug-likeness (QED) is 0.691. The lowest BCUT2D eigenvalue weighted by Crippen LogP contribution is -2.41. The van der Waals surface area contributed by atoms with E-state index in [1.165, 1.54) is 0 Å². The summed E-state index contributed by atoms with van der Waals surface area (Å²) in [5, 5.41) is 12.0. The monoisotopic (exact) mass is 365 g/mol. The lowest BCUT2D eigenvalue weighted by atomic mass is 9.96. The fourth-order valence-electron chi connectivity index (χ4n) is 2.54. The van der Waals surface area contributed by atoms with Crippen LogP contribution in [0.1, 0.15) is 52.2 Å². The Labute approximate surface area is 155 Å². The van der Waals surface area contributed by atoms with Crippen LogP contribution in [0.5, 0.6) is 0 Å². The van der Waals surface area contributed by atoms with E-state index in [-0.39, 0.29) is 24.5 Å². The molecule has 6 nitrogen and oxygen atoms in total. The molecule has 0 saturated heterocycles. The van der Waals surface area contributed by atoms with Crippen LogP contribution in [0, 0.1) is 5.92 Å². The summed E-state index contributed by atoms with van der Waals surface area (Å²) in [5.74, 6) is -0.620. The molecule has 0 heterocycles. The molecule has 0 aliphatic heterocycles. The average Bonchev–Trinajstić information content (AvgIpc) is 2.53. The number of rotatable bonds is 8. The molecule has 26 heavy (non-hydrogen) atoms. The second-order valence-electron chi connectivity index (χ2n) is 7.41. The molecule has 0 aromatic heterocycles. The third-order valence-electron chi connectivity index (χ3n) is 3.74. The number of hydrogen-bond acceptors (Lipinski definition) is 5. The highest BCUT2D eigenvalue weighted by atomic mass is 16.6. The number of hydrogen-bond donors (Lipinski definition) is 2. The zero-order valence-electron chi connectivity index (χ0n) is 16.4. The molecule has 1 unspecified atom stereocenters. The number of benzene rings is 1. The van der Waals surface area contributed by atoms with Crippen molar-refractivity contribution < 1.29 is 24.2 Å². The summed E-state index contributed by atoms with van der Waals surface area (Å²) >= 11 is 0. The molecule has 6 heteroatoms. The van der Waals surface area contributed by atoms with Crippen molar-refractivity contribution in [1.82, 2.24) is 5.32 Å². The molecule has 0 saturated carbocycles. The maximum absolute atomic E-state index is 12.2. The number of carbonyl (C=O) groups excluding carboxylic acids is 2. The number of ether oxygens (including phenoxy) is 2. The van der Waals surface area contributed by atoms with Crippen LogP contribution < -0.4 is 5.32 Å². The van der Waals surface area contributed by atoms with Gasteiger partial charge in [0.05, 0.1) is 19.1 Å². The molecule has 146 valence electrons. The van der Waals surface area contributed by atoms with Crippen molar-refractivity contribution in [2.45, 2.75) is 65.7 Å². The van der Waals surface area contributed by atoms with Gasteiger partial charge in [-0.1, -0.05) is 31.2 Å². The van der Waals surface area contributed by atoms with Crippen molar-refractivity contribution in [2.24, 2.45) is 5.92 Å².